The van der Waals surface area contributed by atoms with Gasteiger partial charge in [-0.25, -0.2) is 0 Å². The minimum Gasteiger partial charge on any atom is -0.338 e. The van der Waals surface area contributed by atoms with E-state index in [0.29, 0.717) is 18.3 Å². The summed E-state index contributed by atoms with van der Waals surface area (Å²) in [4.78, 5) is 6.33. The molecule has 1 aromatic heterocycles. The van der Waals surface area contributed by atoms with Crippen LogP contribution in [0.2, 0.25) is 0 Å². The Hall–Kier alpha value is -0.940. The lowest BCUT2D eigenvalue weighted by atomic mass is 10.4. The number of hydrogen-bond acceptors (Lipinski definition) is 5. The summed E-state index contributed by atoms with van der Waals surface area (Å²) in [6.07, 6.45) is 0. The molecule has 1 aromatic rings. The molecule has 0 saturated carbocycles. The van der Waals surface area contributed by atoms with Gasteiger partial charge in [0.1, 0.15) is 0 Å². The Morgan fingerprint density at radius 2 is 2.08 bits per heavy atom. The maximum atomic E-state index is 5.35. The predicted octanol–water partition coefficient (Wildman–Crippen LogP) is 0.370. The fraction of sp³-hybridized carbons (Fsp3) is 0.750. The van der Waals surface area contributed by atoms with Crippen molar-refractivity contribution in [2.75, 3.05) is 13.1 Å². The molecule has 1 rings (SSSR count). The summed E-state index contributed by atoms with van der Waals surface area (Å²) in [6.45, 7) is 7.23. The van der Waals surface area contributed by atoms with Crippen LogP contribution < -0.4 is 5.73 Å². The largest absolute Gasteiger partial charge is 0.338 e. The normalized spacial score (nSPS) is 11.1. The molecule has 0 aliphatic carbocycles. The summed E-state index contributed by atoms with van der Waals surface area (Å²) in [5, 5.41) is 3.81. The number of hydrogen-bond donors (Lipinski definition) is 1. The highest BCUT2D eigenvalue weighted by Crippen LogP contribution is 2.00. The number of rotatable bonds is 5. The van der Waals surface area contributed by atoms with Crippen molar-refractivity contribution >= 4 is 0 Å². The van der Waals surface area contributed by atoms with E-state index in [9.17, 15) is 0 Å². The van der Waals surface area contributed by atoms with Crippen LogP contribution in [-0.2, 0) is 13.1 Å². The second-order valence-electron chi connectivity index (χ2n) is 2.77. The van der Waals surface area contributed by atoms with Crippen LogP contribution in [0.4, 0.5) is 0 Å². The van der Waals surface area contributed by atoms with Crippen LogP contribution in [0.25, 0.3) is 0 Å². The molecule has 5 nitrogen and oxygen atoms in total. The van der Waals surface area contributed by atoms with Crippen LogP contribution in [0.1, 0.15) is 25.6 Å². The van der Waals surface area contributed by atoms with Crippen molar-refractivity contribution in [1.82, 2.24) is 15.0 Å². The van der Waals surface area contributed by atoms with Crippen LogP contribution in [0.5, 0.6) is 0 Å². The molecule has 0 radical (unpaired) electrons. The first kappa shape index (κ1) is 10.1. The van der Waals surface area contributed by atoms with E-state index < -0.39 is 0 Å². The van der Waals surface area contributed by atoms with Gasteiger partial charge in [0.25, 0.3) is 0 Å². The number of aromatic nitrogens is 2. The Balaban J connectivity index is 2.52. The van der Waals surface area contributed by atoms with Crippen molar-refractivity contribution in [3.8, 4) is 0 Å². The highest BCUT2D eigenvalue weighted by molar-refractivity contribution is 4.85. The van der Waals surface area contributed by atoms with Gasteiger partial charge in [-0.1, -0.05) is 19.0 Å². The van der Waals surface area contributed by atoms with Gasteiger partial charge in [0.15, 0.2) is 5.82 Å². The van der Waals surface area contributed by atoms with Gasteiger partial charge in [0, 0.05) is 0 Å². The van der Waals surface area contributed by atoms with Gasteiger partial charge in [-0.15, -0.1) is 0 Å². The molecular weight excluding hydrogens is 168 g/mol. The SMILES string of the molecule is CCN(CC)Cc1noc(CN)n1. The summed E-state index contributed by atoms with van der Waals surface area (Å²) in [6, 6.07) is 0. The smallest absolute Gasteiger partial charge is 0.240 e. The van der Waals surface area contributed by atoms with Crippen LogP contribution in [0, 0.1) is 0 Å². The first-order valence-corrected chi connectivity index (χ1v) is 4.54. The first-order chi connectivity index (χ1) is 6.30. The third-order valence-electron chi connectivity index (χ3n) is 1.94. The molecule has 74 valence electrons. The molecule has 2 N–H and O–H groups in total. The monoisotopic (exact) mass is 184 g/mol. The highest BCUT2D eigenvalue weighted by Gasteiger charge is 2.07. The third-order valence-corrected chi connectivity index (χ3v) is 1.94. The minimum absolute atomic E-state index is 0.311. The van der Waals surface area contributed by atoms with Crippen molar-refractivity contribution in [2.24, 2.45) is 5.73 Å². The van der Waals surface area contributed by atoms with Crippen molar-refractivity contribution < 1.29 is 4.52 Å². The summed E-state index contributed by atoms with van der Waals surface area (Å²) >= 11 is 0. The van der Waals surface area contributed by atoms with Crippen LogP contribution in [0.15, 0.2) is 4.52 Å². The number of nitrogens with two attached hydrogens (primary N) is 1. The zero-order chi connectivity index (χ0) is 9.68. The van der Waals surface area contributed by atoms with E-state index in [0.717, 1.165) is 19.6 Å². The average molecular weight is 184 g/mol. The molecule has 13 heavy (non-hydrogen) atoms. The third kappa shape index (κ3) is 2.78. The second-order valence-corrected chi connectivity index (χ2v) is 2.77. The van der Waals surface area contributed by atoms with Gasteiger partial charge in [0.2, 0.25) is 5.89 Å². The molecule has 0 aliphatic heterocycles. The lowest BCUT2D eigenvalue weighted by molar-refractivity contribution is 0.280. The highest BCUT2D eigenvalue weighted by atomic mass is 16.5. The number of nitrogens with zero attached hydrogens (tertiary/aromatic N) is 3. The van der Waals surface area contributed by atoms with Gasteiger partial charge >= 0.3 is 0 Å². The summed E-state index contributed by atoms with van der Waals surface area (Å²) in [5.74, 6) is 1.21. The molecule has 0 amide bonds. The van der Waals surface area contributed by atoms with Gasteiger partial charge in [-0.2, -0.15) is 4.98 Å². The van der Waals surface area contributed by atoms with Crippen molar-refractivity contribution in [1.29, 1.82) is 0 Å². The molecule has 0 fully saturated rings. The zero-order valence-corrected chi connectivity index (χ0v) is 8.16. The Kier molecular flexibility index (Phi) is 3.85. The molecule has 0 unspecified atom stereocenters. The van der Waals surface area contributed by atoms with Crippen LogP contribution in [0.3, 0.4) is 0 Å². The molecule has 0 atom stereocenters. The molecule has 1 heterocycles. The topological polar surface area (TPSA) is 68.2 Å². The van der Waals surface area contributed by atoms with Gasteiger partial charge in [0.05, 0.1) is 13.1 Å². The van der Waals surface area contributed by atoms with E-state index in [2.05, 4.69) is 28.9 Å². The molecule has 0 spiro atoms. The van der Waals surface area contributed by atoms with E-state index in [-0.39, 0.29) is 0 Å². The fourth-order valence-electron chi connectivity index (χ4n) is 1.08. The van der Waals surface area contributed by atoms with E-state index in [1.165, 1.54) is 0 Å². The Morgan fingerprint density at radius 3 is 2.54 bits per heavy atom. The van der Waals surface area contributed by atoms with Crippen molar-refractivity contribution in [2.45, 2.75) is 26.9 Å². The van der Waals surface area contributed by atoms with E-state index in [1.807, 2.05) is 0 Å². The maximum Gasteiger partial charge on any atom is 0.240 e. The van der Waals surface area contributed by atoms with Gasteiger partial charge < -0.3 is 10.3 Å². The summed E-state index contributed by atoms with van der Waals surface area (Å²) in [7, 11) is 0. The summed E-state index contributed by atoms with van der Waals surface area (Å²) in [5.41, 5.74) is 5.35. The van der Waals surface area contributed by atoms with E-state index >= 15 is 0 Å². The second kappa shape index (κ2) is 4.94. The van der Waals surface area contributed by atoms with E-state index in [1.54, 1.807) is 0 Å². The van der Waals surface area contributed by atoms with Gasteiger partial charge in [-0.05, 0) is 13.1 Å². The van der Waals surface area contributed by atoms with Gasteiger partial charge in [-0.3, -0.25) is 4.90 Å². The van der Waals surface area contributed by atoms with Crippen molar-refractivity contribution in [3.63, 3.8) is 0 Å². The molecule has 0 aromatic carbocycles. The first-order valence-electron chi connectivity index (χ1n) is 4.54. The molecule has 5 heteroatoms. The molecule has 0 bridgehead atoms. The molecular formula is C8H16N4O. The fourth-order valence-corrected chi connectivity index (χ4v) is 1.08. The maximum absolute atomic E-state index is 5.35. The molecule has 0 saturated heterocycles. The Labute approximate surface area is 77.9 Å². The minimum atomic E-state index is 0.311. The van der Waals surface area contributed by atoms with Crippen LogP contribution >= 0.6 is 0 Å². The predicted molar refractivity (Wildman–Crippen MR) is 48.8 cm³/mol. The lowest BCUT2D eigenvalue weighted by Gasteiger charge is -2.14. The Morgan fingerprint density at radius 1 is 1.38 bits per heavy atom. The van der Waals surface area contributed by atoms with Crippen LogP contribution in [-0.4, -0.2) is 28.1 Å². The average Bonchev–Trinajstić information content (AvgIpc) is 2.61. The van der Waals surface area contributed by atoms with E-state index in [4.69, 9.17) is 10.3 Å². The lowest BCUT2D eigenvalue weighted by Crippen LogP contribution is -2.22. The molecule has 0 aliphatic rings. The zero-order valence-electron chi connectivity index (χ0n) is 8.16. The standard InChI is InChI=1S/C8H16N4O/c1-3-12(4-2)6-7-10-8(5-9)13-11-7/h3-6,9H2,1-2H3. The quantitative estimate of drug-likeness (QED) is 0.716. The van der Waals surface area contributed by atoms with Crippen molar-refractivity contribution in [3.05, 3.63) is 11.7 Å². The Bertz CT molecular complexity index is 244. The summed E-state index contributed by atoms with van der Waals surface area (Å²) < 4.78 is 4.89.